The lowest BCUT2D eigenvalue weighted by atomic mass is 9.89. The molecule has 0 aliphatic carbocycles. The average Bonchev–Trinajstić information content (AvgIpc) is 3.52. The number of aromatic nitrogens is 6. The quantitative estimate of drug-likeness (QED) is 0.168. The zero-order valence-electron chi connectivity index (χ0n) is 32.0. The van der Waals surface area contributed by atoms with Crippen LogP contribution in [0.15, 0.2) is 54.3 Å². The summed E-state index contributed by atoms with van der Waals surface area (Å²) in [5.41, 5.74) is 5.96. The van der Waals surface area contributed by atoms with Crippen LogP contribution in [0.25, 0.3) is 11.3 Å². The number of ether oxygens (including phenoxy) is 1. The Morgan fingerprint density at radius 2 is 1.18 bits per heavy atom. The van der Waals surface area contributed by atoms with Crippen LogP contribution in [0.5, 0.6) is 0 Å². The van der Waals surface area contributed by atoms with Crippen molar-refractivity contribution < 1.29 is 24.2 Å². The molecule has 0 spiro atoms. The fraction of sp³-hybridized carbons (Fsp3) is 0.474. The van der Waals surface area contributed by atoms with Crippen LogP contribution >= 0.6 is 0 Å². The molecule has 0 bridgehead atoms. The van der Waals surface area contributed by atoms with E-state index in [1.54, 1.807) is 60.0 Å². The monoisotopic (exact) mass is 687 g/mol. The molecule has 0 fully saturated rings. The number of carbonyl (C=O) groups is 3. The van der Waals surface area contributed by atoms with Crippen molar-refractivity contribution in [1.82, 2.24) is 29.9 Å². The molecule has 12 heteroatoms. The summed E-state index contributed by atoms with van der Waals surface area (Å²) in [4.78, 5) is 61.3. The minimum absolute atomic E-state index is 0.115. The molecule has 4 rings (SSSR count). The highest BCUT2D eigenvalue weighted by Crippen LogP contribution is 2.26. The summed E-state index contributed by atoms with van der Waals surface area (Å²) >= 11 is 0. The van der Waals surface area contributed by atoms with Gasteiger partial charge in [0, 0.05) is 50.7 Å². The lowest BCUT2D eigenvalue weighted by Crippen LogP contribution is -2.18. The van der Waals surface area contributed by atoms with Crippen molar-refractivity contribution in [3.8, 4) is 0 Å². The van der Waals surface area contributed by atoms with E-state index in [1.165, 1.54) is 31.4 Å². The molecule has 0 radical (unpaired) electrons. The number of ketones is 2. The van der Waals surface area contributed by atoms with Gasteiger partial charge in [0.05, 0.1) is 19.3 Å². The van der Waals surface area contributed by atoms with Crippen molar-refractivity contribution in [2.75, 3.05) is 13.7 Å². The van der Waals surface area contributed by atoms with Crippen molar-refractivity contribution in [1.29, 1.82) is 0 Å². The molecule has 1 aliphatic heterocycles. The van der Waals surface area contributed by atoms with E-state index in [9.17, 15) is 19.5 Å². The molecule has 0 unspecified atom stereocenters. The number of aryl methyl sites for hydroxylation is 3. The number of Topliss-reactive ketones (excluding diaryl/α,β-unsaturated/α-hetero) is 1. The fourth-order valence-electron chi connectivity index (χ4n) is 3.35. The van der Waals surface area contributed by atoms with Gasteiger partial charge in [-0.2, -0.15) is 0 Å². The Labute approximate surface area is 296 Å². The maximum Gasteiger partial charge on any atom is 0.356 e. The molecule has 0 aromatic carbocycles. The van der Waals surface area contributed by atoms with Crippen molar-refractivity contribution in [2.24, 2.45) is 21.2 Å². The number of nitrogens with zero attached hydrogens (tertiary/aromatic N) is 7. The van der Waals surface area contributed by atoms with E-state index in [0.29, 0.717) is 11.4 Å². The van der Waals surface area contributed by atoms with E-state index in [0.717, 1.165) is 35.0 Å². The van der Waals surface area contributed by atoms with Gasteiger partial charge in [0.15, 0.2) is 11.5 Å². The number of aliphatic imine (C=N–C) groups is 1. The highest BCUT2D eigenvalue weighted by Gasteiger charge is 2.22. The molecule has 3 aromatic rings. The number of carbonyl (C=O) groups excluding carboxylic acids is 3. The first-order chi connectivity index (χ1) is 22.9. The van der Waals surface area contributed by atoms with Gasteiger partial charge in [0.1, 0.15) is 36.2 Å². The van der Waals surface area contributed by atoms with E-state index in [-0.39, 0.29) is 28.2 Å². The fourth-order valence-corrected chi connectivity index (χ4v) is 3.35. The molecular formula is C38H53N7O5. The Hall–Kier alpha value is -5.00. The van der Waals surface area contributed by atoms with Crippen molar-refractivity contribution in [2.45, 2.75) is 90.0 Å². The van der Waals surface area contributed by atoms with Crippen LogP contribution in [0.2, 0.25) is 0 Å². The Balaban J connectivity index is 0.000000348. The van der Waals surface area contributed by atoms with E-state index < -0.39 is 11.4 Å². The van der Waals surface area contributed by atoms with Gasteiger partial charge in [-0.3, -0.25) is 14.6 Å². The molecule has 0 saturated heterocycles. The number of rotatable bonds is 4. The summed E-state index contributed by atoms with van der Waals surface area (Å²) in [7, 11) is 1.32. The second-order valence-corrected chi connectivity index (χ2v) is 14.7. The van der Waals surface area contributed by atoms with Gasteiger partial charge in [0.2, 0.25) is 0 Å². The molecule has 3 aromatic heterocycles. The molecular weight excluding hydrogens is 634 g/mol. The molecule has 270 valence electrons. The predicted octanol–water partition coefficient (Wildman–Crippen LogP) is 7.16. The second kappa shape index (κ2) is 18.7. The van der Waals surface area contributed by atoms with Gasteiger partial charge in [-0.05, 0) is 52.0 Å². The molecule has 0 amide bonds. The van der Waals surface area contributed by atoms with E-state index >= 15 is 0 Å². The summed E-state index contributed by atoms with van der Waals surface area (Å²) in [5.74, 6) is -0.449. The Morgan fingerprint density at radius 3 is 1.58 bits per heavy atom. The van der Waals surface area contributed by atoms with Gasteiger partial charge in [-0.15, -0.1) is 0 Å². The predicted molar refractivity (Wildman–Crippen MR) is 197 cm³/mol. The summed E-state index contributed by atoms with van der Waals surface area (Å²) in [5, 5.41) is 9.73. The first-order valence-corrected chi connectivity index (χ1v) is 16.1. The number of hydrogen-bond donors (Lipinski definition) is 1. The van der Waals surface area contributed by atoms with Crippen LogP contribution in [-0.4, -0.2) is 71.9 Å². The van der Waals surface area contributed by atoms with Crippen molar-refractivity contribution in [3.05, 3.63) is 83.5 Å². The Morgan fingerprint density at radius 1 is 0.720 bits per heavy atom. The van der Waals surface area contributed by atoms with Crippen LogP contribution in [0, 0.1) is 37.0 Å². The average molecular weight is 688 g/mol. The minimum Gasteiger partial charge on any atom is -0.506 e. The molecule has 4 heterocycles. The SMILES string of the molecule is CC(=O)C(C)(C)C.COC(=O)c1cc(C)ncn1.Cc1cc(C(O)=CC(=O)C(C)(C)C)ncn1.Cc1cc(C2=CC(C(C)(C)C)=NC2)ncn1. The molecule has 1 N–H and O–H groups in total. The normalized spacial score (nSPS) is 12.8. The van der Waals surface area contributed by atoms with Crippen molar-refractivity contribution >= 4 is 34.6 Å². The lowest BCUT2D eigenvalue weighted by molar-refractivity contribution is -0.124. The standard InChI is InChI=1S/C13H17N3.C12H16N2O2.C7H8N2O2.C6H12O/c1-9-5-11(16-8-15-9)10-6-12(14-7-10)13(2,3)4;1-8-5-9(14-7-13-8)10(15)6-11(16)12(2,3)4;1-5-3-6(7(10)11-2)9-4-8-5;1-5(7)6(2,3)4/h5-6,8H,7H2,1-4H3;5-7,15H,1-4H3;3-4H,1-2H3;1-4H3. The number of hydrogen-bond acceptors (Lipinski definition) is 12. The summed E-state index contributed by atoms with van der Waals surface area (Å²) in [6.45, 7) is 25.6. The van der Waals surface area contributed by atoms with Gasteiger partial charge < -0.3 is 9.84 Å². The van der Waals surface area contributed by atoms with Crippen LogP contribution < -0.4 is 0 Å². The maximum atomic E-state index is 11.7. The van der Waals surface area contributed by atoms with E-state index in [1.807, 2.05) is 33.8 Å². The molecule has 0 atom stereocenters. The van der Waals surface area contributed by atoms with E-state index in [2.05, 4.69) is 66.5 Å². The van der Waals surface area contributed by atoms with Crippen LogP contribution in [0.4, 0.5) is 0 Å². The van der Waals surface area contributed by atoms with Crippen LogP contribution in [0.1, 0.15) is 108 Å². The molecule has 1 aliphatic rings. The second-order valence-electron chi connectivity index (χ2n) is 14.7. The number of methoxy groups -OCH3 is 1. The first kappa shape index (κ1) is 43.0. The van der Waals surface area contributed by atoms with Crippen molar-refractivity contribution in [3.63, 3.8) is 0 Å². The number of allylic oxidation sites excluding steroid dienone is 2. The third kappa shape index (κ3) is 15.5. The zero-order chi connectivity index (χ0) is 38.4. The lowest BCUT2D eigenvalue weighted by Gasteiger charge is -2.16. The third-order valence-electron chi connectivity index (χ3n) is 6.96. The summed E-state index contributed by atoms with van der Waals surface area (Å²) < 4.78 is 4.46. The summed E-state index contributed by atoms with van der Waals surface area (Å²) in [6.07, 6.45) is 7.67. The smallest absolute Gasteiger partial charge is 0.356 e. The minimum atomic E-state index is -0.504. The van der Waals surface area contributed by atoms with Gasteiger partial charge in [0.25, 0.3) is 0 Å². The Bertz CT molecular complexity index is 1670. The topological polar surface area (TPSA) is 170 Å². The maximum absolute atomic E-state index is 11.7. The van der Waals surface area contributed by atoms with Gasteiger partial charge in [-0.25, -0.2) is 34.7 Å². The van der Waals surface area contributed by atoms with Gasteiger partial charge in [-0.1, -0.05) is 62.3 Å². The largest absolute Gasteiger partial charge is 0.506 e. The number of aliphatic hydroxyl groups excluding tert-OH is 1. The third-order valence-corrected chi connectivity index (χ3v) is 6.96. The molecule has 0 saturated carbocycles. The van der Waals surface area contributed by atoms with Crippen LogP contribution in [-0.2, 0) is 14.3 Å². The highest BCUT2D eigenvalue weighted by molar-refractivity contribution is 6.07. The molecule has 12 nitrogen and oxygen atoms in total. The summed E-state index contributed by atoms with van der Waals surface area (Å²) in [6, 6.07) is 5.21. The first-order valence-electron chi connectivity index (χ1n) is 16.1. The van der Waals surface area contributed by atoms with Gasteiger partial charge >= 0.3 is 5.97 Å². The Kier molecular flexibility index (Phi) is 16.1. The zero-order valence-corrected chi connectivity index (χ0v) is 32.0. The number of esters is 1. The molecule has 50 heavy (non-hydrogen) atoms. The van der Waals surface area contributed by atoms with Crippen LogP contribution in [0.3, 0.4) is 0 Å². The van der Waals surface area contributed by atoms with E-state index in [4.69, 9.17) is 0 Å². The number of aliphatic hydroxyl groups is 1. The highest BCUT2D eigenvalue weighted by atomic mass is 16.5.